The van der Waals surface area contributed by atoms with Gasteiger partial charge < -0.3 is 15.7 Å². The molecule has 2 atom stereocenters. The zero-order chi connectivity index (χ0) is 18.6. The topological polar surface area (TPSA) is 95.5 Å². The van der Waals surface area contributed by atoms with Crippen molar-refractivity contribution in [1.82, 2.24) is 5.32 Å². The molecule has 2 rings (SSSR count). The molecular formula is C19H24N2O4. The Labute approximate surface area is 147 Å². The molecule has 2 unspecified atom stereocenters. The lowest BCUT2D eigenvalue weighted by Gasteiger charge is -2.25. The molecule has 0 fully saturated rings. The van der Waals surface area contributed by atoms with Crippen LogP contribution in [0.15, 0.2) is 36.4 Å². The molecule has 1 aliphatic carbocycles. The largest absolute Gasteiger partial charge is 0.481 e. The van der Waals surface area contributed by atoms with Crippen LogP contribution in [0.5, 0.6) is 0 Å². The molecule has 1 aromatic carbocycles. The van der Waals surface area contributed by atoms with Gasteiger partial charge in [0.25, 0.3) is 5.91 Å². The van der Waals surface area contributed by atoms with Crippen LogP contribution in [0.3, 0.4) is 0 Å². The number of allylic oxidation sites excluding steroid dienone is 2. The first-order valence-electron chi connectivity index (χ1n) is 8.29. The Morgan fingerprint density at radius 3 is 2.24 bits per heavy atom. The number of hydrogen-bond donors (Lipinski definition) is 3. The van der Waals surface area contributed by atoms with E-state index >= 15 is 0 Å². The molecule has 0 radical (unpaired) electrons. The first-order valence-corrected chi connectivity index (χ1v) is 8.29. The number of nitrogens with one attached hydrogen (secondary N) is 2. The van der Waals surface area contributed by atoms with E-state index in [1.165, 1.54) is 0 Å². The molecule has 6 heteroatoms. The summed E-state index contributed by atoms with van der Waals surface area (Å²) in [4.78, 5) is 36.4. The molecular weight excluding hydrogens is 320 g/mol. The molecule has 25 heavy (non-hydrogen) atoms. The Morgan fingerprint density at radius 1 is 1.04 bits per heavy atom. The van der Waals surface area contributed by atoms with Gasteiger partial charge in [-0.3, -0.25) is 14.4 Å². The maximum Gasteiger partial charge on any atom is 0.307 e. The third-order valence-electron chi connectivity index (χ3n) is 4.00. The van der Waals surface area contributed by atoms with Crippen molar-refractivity contribution < 1.29 is 19.5 Å². The summed E-state index contributed by atoms with van der Waals surface area (Å²) in [6.07, 6.45) is 4.31. The Bertz CT molecular complexity index is 704. The second-order valence-corrected chi connectivity index (χ2v) is 7.23. The normalized spacial score (nSPS) is 20.0. The third kappa shape index (κ3) is 4.92. The van der Waals surface area contributed by atoms with Gasteiger partial charge in [0.1, 0.15) is 0 Å². The minimum atomic E-state index is -0.983. The lowest BCUT2D eigenvalue weighted by molar-refractivity contribution is -0.146. The predicted molar refractivity (Wildman–Crippen MR) is 95.3 cm³/mol. The molecule has 0 aromatic heterocycles. The number of carboxylic acids is 1. The minimum absolute atomic E-state index is 0.290. The highest BCUT2D eigenvalue weighted by molar-refractivity contribution is 6.05. The van der Waals surface area contributed by atoms with Crippen LogP contribution in [0.1, 0.15) is 44.0 Å². The number of carbonyl (C=O) groups is 3. The van der Waals surface area contributed by atoms with Gasteiger partial charge in [0, 0.05) is 5.54 Å². The van der Waals surface area contributed by atoms with E-state index in [1.54, 1.807) is 30.3 Å². The van der Waals surface area contributed by atoms with Crippen LogP contribution >= 0.6 is 0 Å². The van der Waals surface area contributed by atoms with Crippen LogP contribution in [-0.2, 0) is 9.59 Å². The third-order valence-corrected chi connectivity index (χ3v) is 4.00. The average molecular weight is 344 g/mol. The zero-order valence-electron chi connectivity index (χ0n) is 14.7. The summed E-state index contributed by atoms with van der Waals surface area (Å²) in [5, 5.41) is 14.9. The van der Waals surface area contributed by atoms with Gasteiger partial charge in [-0.1, -0.05) is 24.3 Å². The number of carbonyl (C=O) groups excluding carboxylic acids is 2. The lowest BCUT2D eigenvalue weighted by atomic mass is 9.82. The van der Waals surface area contributed by atoms with Crippen molar-refractivity contribution in [2.75, 3.05) is 5.32 Å². The van der Waals surface area contributed by atoms with Crippen LogP contribution < -0.4 is 10.6 Å². The van der Waals surface area contributed by atoms with Crippen LogP contribution in [0.25, 0.3) is 0 Å². The maximum absolute atomic E-state index is 12.6. The fourth-order valence-electron chi connectivity index (χ4n) is 2.80. The van der Waals surface area contributed by atoms with E-state index < -0.39 is 23.3 Å². The number of carboxylic acid groups (broad SMARTS) is 1. The van der Waals surface area contributed by atoms with E-state index in [-0.39, 0.29) is 11.8 Å². The quantitative estimate of drug-likeness (QED) is 0.732. The monoisotopic (exact) mass is 344 g/mol. The molecule has 0 spiro atoms. The van der Waals surface area contributed by atoms with Gasteiger partial charge in [-0.25, -0.2) is 0 Å². The number of aliphatic carboxylic acids is 1. The summed E-state index contributed by atoms with van der Waals surface area (Å²) in [7, 11) is 0. The molecule has 0 saturated heterocycles. The highest BCUT2D eigenvalue weighted by Crippen LogP contribution is 2.28. The number of amides is 2. The van der Waals surface area contributed by atoms with Crippen molar-refractivity contribution in [1.29, 1.82) is 0 Å². The molecule has 0 heterocycles. The van der Waals surface area contributed by atoms with E-state index in [0.29, 0.717) is 24.1 Å². The summed E-state index contributed by atoms with van der Waals surface area (Å²) in [5.41, 5.74) is 0.327. The van der Waals surface area contributed by atoms with Crippen molar-refractivity contribution in [3.05, 3.63) is 42.0 Å². The Kier molecular flexibility index (Phi) is 5.62. The van der Waals surface area contributed by atoms with Gasteiger partial charge >= 0.3 is 5.97 Å². The Morgan fingerprint density at radius 2 is 1.64 bits per heavy atom. The van der Waals surface area contributed by atoms with Crippen molar-refractivity contribution in [3.63, 3.8) is 0 Å². The van der Waals surface area contributed by atoms with E-state index in [2.05, 4.69) is 10.6 Å². The fourth-order valence-corrected chi connectivity index (χ4v) is 2.80. The van der Waals surface area contributed by atoms with Crippen molar-refractivity contribution >= 4 is 23.5 Å². The number of benzene rings is 1. The summed E-state index contributed by atoms with van der Waals surface area (Å²) < 4.78 is 0. The summed E-state index contributed by atoms with van der Waals surface area (Å²) in [6, 6.07) is 6.71. The van der Waals surface area contributed by atoms with Crippen molar-refractivity contribution in [2.24, 2.45) is 11.8 Å². The molecule has 0 aliphatic heterocycles. The van der Waals surface area contributed by atoms with Crippen molar-refractivity contribution in [2.45, 2.75) is 39.2 Å². The van der Waals surface area contributed by atoms with E-state index in [4.69, 9.17) is 0 Å². The molecule has 1 aromatic rings. The van der Waals surface area contributed by atoms with E-state index in [1.807, 2.05) is 26.8 Å². The number of hydrogen-bond acceptors (Lipinski definition) is 3. The highest BCUT2D eigenvalue weighted by atomic mass is 16.4. The van der Waals surface area contributed by atoms with Gasteiger partial charge in [-0.2, -0.15) is 0 Å². The van der Waals surface area contributed by atoms with Crippen LogP contribution in [0.2, 0.25) is 0 Å². The van der Waals surface area contributed by atoms with Gasteiger partial charge in [0.2, 0.25) is 5.91 Å². The molecule has 2 amide bonds. The van der Waals surface area contributed by atoms with Crippen molar-refractivity contribution in [3.8, 4) is 0 Å². The molecule has 3 N–H and O–H groups in total. The molecule has 134 valence electrons. The maximum atomic E-state index is 12.6. The average Bonchev–Trinajstić information content (AvgIpc) is 2.53. The van der Waals surface area contributed by atoms with Crippen LogP contribution in [0.4, 0.5) is 5.69 Å². The second kappa shape index (κ2) is 7.51. The Hall–Kier alpha value is -2.63. The second-order valence-electron chi connectivity index (χ2n) is 7.23. The standard InChI is InChI=1S/C19H24N2O4/c1-19(2,3)21-17(23)14-10-6-7-11-15(14)20-16(22)12-8-4-5-9-13(12)18(24)25/h4-7,10-13H,8-9H2,1-3H3,(H,20,22)(H,21,23)(H,24,25). The molecule has 0 saturated carbocycles. The smallest absolute Gasteiger partial charge is 0.307 e. The van der Waals surface area contributed by atoms with Crippen LogP contribution in [-0.4, -0.2) is 28.4 Å². The molecule has 6 nitrogen and oxygen atoms in total. The molecule has 0 bridgehead atoms. The van der Waals surface area contributed by atoms with Crippen LogP contribution in [0, 0.1) is 11.8 Å². The summed E-state index contributed by atoms with van der Waals surface area (Å²) in [5.74, 6) is -3.06. The summed E-state index contributed by atoms with van der Waals surface area (Å²) in [6.45, 7) is 5.62. The first-order chi connectivity index (χ1) is 11.7. The number of para-hydroxylation sites is 1. The van der Waals surface area contributed by atoms with E-state index in [0.717, 1.165) is 0 Å². The summed E-state index contributed by atoms with van der Waals surface area (Å²) >= 11 is 0. The van der Waals surface area contributed by atoms with Gasteiger partial charge in [-0.15, -0.1) is 0 Å². The first kappa shape index (κ1) is 18.7. The van der Waals surface area contributed by atoms with Gasteiger partial charge in [-0.05, 0) is 45.7 Å². The Balaban J connectivity index is 2.20. The SMILES string of the molecule is CC(C)(C)NC(=O)c1ccccc1NC(=O)C1CC=CCC1C(=O)O. The fraction of sp³-hybridized carbons (Fsp3) is 0.421. The van der Waals surface area contributed by atoms with Gasteiger partial charge in [0.05, 0.1) is 23.1 Å². The highest BCUT2D eigenvalue weighted by Gasteiger charge is 2.34. The minimum Gasteiger partial charge on any atom is -0.481 e. The zero-order valence-corrected chi connectivity index (χ0v) is 14.7. The van der Waals surface area contributed by atoms with Gasteiger partial charge in [0.15, 0.2) is 0 Å². The lowest BCUT2D eigenvalue weighted by Crippen LogP contribution is -2.41. The predicted octanol–water partition coefficient (Wildman–Crippen LogP) is 2.82. The number of anilines is 1. The van der Waals surface area contributed by atoms with E-state index in [9.17, 15) is 19.5 Å². The molecule has 1 aliphatic rings. The number of rotatable bonds is 4.